The van der Waals surface area contributed by atoms with Gasteiger partial charge in [-0.15, -0.1) is 0 Å². The molecular weight excluding hydrogens is 132 g/mol. The van der Waals surface area contributed by atoms with E-state index in [0.29, 0.717) is 5.41 Å². The average Bonchev–Trinajstić information content (AvgIpc) is 2.38. The molecule has 0 unspecified atom stereocenters. The minimum Gasteiger partial charge on any atom is -0.0654 e. The Bertz CT molecular complexity index is 109. The van der Waals surface area contributed by atoms with Gasteiger partial charge in [-0.2, -0.15) is 0 Å². The molecule has 0 spiro atoms. The summed E-state index contributed by atoms with van der Waals surface area (Å²) in [6.45, 7) is 7.23. The normalized spacial score (nSPS) is 25.4. The summed E-state index contributed by atoms with van der Waals surface area (Å²) < 4.78 is 0. The van der Waals surface area contributed by atoms with Crippen molar-refractivity contribution in [3.05, 3.63) is 0 Å². The molecule has 0 nitrogen and oxygen atoms in total. The molecule has 0 aromatic heterocycles. The summed E-state index contributed by atoms with van der Waals surface area (Å²) in [5.74, 6) is 0.954. The van der Waals surface area contributed by atoms with E-state index in [0.717, 1.165) is 5.92 Å². The van der Waals surface area contributed by atoms with Crippen LogP contribution >= 0.6 is 0 Å². The maximum Gasteiger partial charge on any atom is -0.0300 e. The van der Waals surface area contributed by atoms with Gasteiger partial charge >= 0.3 is 0 Å². The molecular formula is C11H22. The summed E-state index contributed by atoms with van der Waals surface area (Å²) in [6.07, 6.45) is 8.70. The van der Waals surface area contributed by atoms with Crippen LogP contribution in [0.2, 0.25) is 0 Å². The topological polar surface area (TPSA) is 0 Å². The molecule has 1 aliphatic carbocycles. The molecule has 11 heavy (non-hydrogen) atoms. The minimum atomic E-state index is 0.704. The fourth-order valence-electron chi connectivity index (χ4n) is 2.46. The molecule has 1 aliphatic rings. The molecule has 0 radical (unpaired) electrons. The van der Waals surface area contributed by atoms with Gasteiger partial charge in [0.05, 0.1) is 0 Å². The van der Waals surface area contributed by atoms with Gasteiger partial charge in [0.15, 0.2) is 0 Å². The highest BCUT2D eigenvalue weighted by Crippen LogP contribution is 2.45. The average molecular weight is 154 g/mol. The number of hydrogen-bond acceptors (Lipinski definition) is 0. The second kappa shape index (κ2) is 3.60. The van der Waals surface area contributed by atoms with Crippen LogP contribution in [-0.2, 0) is 0 Å². The van der Waals surface area contributed by atoms with Crippen molar-refractivity contribution >= 4 is 0 Å². The van der Waals surface area contributed by atoms with E-state index < -0.39 is 0 Å². The fraction of sp³-hybridized carbons (Fsp3) is 1.00. The van der Waals surface area contributed by atoms with Crippen molar-refractivity contribution in [1.29, 1.82) is 0 Å². The molecule has 1 fully saturated rings. The van der Waals surface area contributed by atoms with Gasteiger partial charge in [-0.05, 0) is 24.2 Å². The van der Waals surface area contributed by atoms with Gasteiger partial charge < -0.3 is 0 Å². The predicted molar refractivity (Wildman–Crippen MR) is 50.6 cm³/mol. The molecule has 0 heterocycles. The maximum atomic E-state index is 2.49. The van der Waals surface area contributed by atoms with Crippen LogP contribution in [0.4, 0.5) is 0 Å². The third-order valence-electron chi connectivity index (χ3n) is 3.66. The lowest BCUT2D eigenvalue weighted by molar-refractivity contribution is 0.197. The second-order valence-corrected chi connectivity index (χ2v) is 4.55. The van der Waals surface area contributed by atoms with Gasteiger partial charge in [0.25, 0.3) is 0 Å². The van der Waals surface area contributed by atoms with Crippen molar-refractivity contribution in [2.75, 3.05) is 0 Å². The van der Waals surface area contributed by atoms with E-state index in [1.54, 1.807) is 0 Å². The third-order valence-corrected chi connectivity index (χ3v) is 3.66. The first-order valence-corrected chi connectivity index (χ1v) is 5.19. The molecule has 1 atom stereocenters. The first kappa shape index (κ1) is 9.09. The lowest BCUT2D eigenvalue weighted by Gasteiger charge is -2.31. The SMILES string of the molecule is CCC[C@H](C)C1(C)CCCC1. The van der Waals surface area contributed by atoms with Crippen LogP contribution in [0.3, 0.4) is 0 Å². The van der Waals surface area contributed by atoms with E-state index in [-0.39, 0.29) is 0 Å². The summed E-state index contributed by atoms with van der Waals surface area (Å²) in [7, 11) is 0. The molecule has 0 saturated heterocycles. The Morgan fingerprint density at radius 2 is 1.82 bits per heavy atom. The highest BCUT2D eigenvalue weighted by molar-refractivity contribution is 4.84. The molecule has 0 heteroatoms. The zero-order valence-electron chi connectivity index (χ0n) is 8.32. The second-order valence-electron chi connectivity index (χ2n) is 4.55. The van der Waals surface area contributed by atoms with Crippen LogP contribution in [0.5, 0.6) is 0 Å². The molecule has 0 N–H and O–H groups in total. The van der Waals surface area contributed by atoms with E-state index in [9.17, 15) is 0 Å². The van der Waals surface area contributed by atoms with Crippen molar-refractivity contribution in [1.82, 2.24) is 0 Å². The Morgan fingerprint density at radius 1 is 1.27 bits per heavy atom. The smallest absolute Gasteiger partial charge is 0.0300 e. The van der Waals surface area contributed by atoms with E-state index in [2.05, 4.69) is 20.8 Å². The summed E-state index contributed by atoms with van der Waals surface area (Å²) in [4.78, 5) is 0. The number of rotatable bonds is 3. The highest BCUT2D eigenvalue weighted by atomic mass is 14.4. The lowest BCUT2D eigenvalue weighted by Crippen LogP contribution is -2.21. The largest absolute Gasteiger partial charge is 0.0654 e. The van der Waals surface area contributed by atoms with Gasteiger partial charge in [-0.3, -0.25) is 0 Å². The van der Waals surface area contributed by atoms with Crippen LogP contribution in [0.15, 0.2) is 0 Å². The summed E-state index contributed by atoms with van der Waals surface area (Å²) >= 11 is 0. The lowest BCUT2D eigenvalue weighted by atomic mass is 9.75. The fourth-order valence-corrected chi connectivity index (χ4v) is 2.46. The zero-order chi connectivity index (χ0) is 8.32. The number of hydrogen-bond donors (Lipinski definition) is 0. The van der Waals surface area contributed by atoms with Crippen molar-refractivity contribution in [3.63, 3.8) is 0 Å². The van der Waals surface area contributed by atoms with Crippen LogP contribution in [-0.4, -0.2) is 0 Å². The van der Waals surface area contributed by atoms with Crippen molar-refractivity contribution in [3.8, 4) is 0 Å². The molecule has 1 rings (SSSR count). The van der Waals surface area contributed by atoms with Crippen LogP contribution < -0.4 is 0 Å². The predicted octanol–water partition coefficient (Wildman–Crippen LogP) is 4.00. The molecule has 1 saturated carbocycles. The standard InChI is InChI=1S/C11H22/c1-4-7-10(2)11(3)8-5-6-9-11/h10H,4-9H2,1-3H3/t10-/m0/s1. The van der Waals surface area contributed by atoms with Crippen molar-refractivity contribution < 1.29 is 0 Å². The molecule has 0 aliphatic heterocycles. The highest BCUT2D eigenvalue weighted by Gasteiger charge is 2.33. The summed E-state index contributed by atoms with van der Waals surface area (Å²) in [5, 5.41) is 0. The third kappa shape index (κ3) is 1.98. The Morgan fingerprint density at radius 3 is 2.27 bits per heavy atom. The van der Waals surface area contributed by atoms with Gasteiger partial charge in [0.2, 0.25) is 0 Å². The van der Waals surface area contributed by atoms with E-state index >= 15 is 0 Å². The molecule has 66 valence electrons. The Kier molecular flexibility index (Phi) is 2.98. The molecule has 0 aromatic rings. The van der Waals surface area contributed by atoms with Crippen molar-refractivity contribution in [2.24, 2.45) is 11.3 Å². The Balaban J connectivity index is 2.42. The van der Waals surface area contributed by atoms with Crippen LogP contribution in [0, 0.1) is 11.3 Å². The summed E-state index contributed by atoms with van der Waals surface area (Å²) in [6, 6.07) is 0. The first-order chi connectivity index (χ1) is 5.19. The van der Waals surface area contributed by atoms with E-state index in [1.165, 1.54) is 38.5 Å². The van der Waals surface area contributed by atoms with Gasteiger partial charge in [0.1, 0.15) is 0 Å². The molecule has 0 aromatic carbocycles. The van der Waals surface area contributed by atoms with Gasteiger partial charge in [0, 0.05) is 0 Å². The van der Waals surface area contributed by atoms with E-state index in [4.69, 9.17) is 0 Å². The molecule has 0 amide bonds. The monoisotopic (exact) mass is 154 g/mol. The minimum absolute atomic E-state index is 0.704. The van der Waals surface area contributed by atoms with Crippen molar-refractivity contribution in [2.45, 2.75) is 59.3 Å². The zero-order valence-corrected chi connectivity index (χ0v) is 8.32. The maximum absolute atomic E-state index is 2.49. The van der Waals surface area contributed by atoms with Gasteiger partial charge in [-0.1, -0.05) is 46.5 Å². The molecule has 0 bridgehead atoms. The quantitative estimate of drug-likeness (QED) is 0.576. The Hall–Kier alpha value is 0. The van der Waals surface area contributed by atoms with Crippen LogP contribution in [0.25, 0.3) is 0 Å². The Labute approximate surface area is 71.4 Å². The first-order valence-electron chi connectivity index (χ1n) is 5.19. The van der Waals surface area contributed by atoms with Crippen LogP contribution in [0.1, 0.15) is 59.3 Å². The van der Waals surface area contributed by atoms with Gasteiger partial charge in [-0.25, -0.2) is 0 Å². The summed E-state index contributed by atoms with van der Waals surface area (Å²) in [5.41, 5.74) is 0.704. The van der Waals surface area contributed by atoms with E-state index in [1.807, 2.05) is 0 Å².